The fraction of sp³-hybridized carbons (Fsp3) is 0.429. The summed E-state index contributed by atoms with van der Waals surface area (Å²) >= 11 is 0. The van der Waals surface area contributed by atoms with E-state index in [0.29, 0.717) is 25.2 Å². The normalized spacial score (nSPS) is 9.85. The van der Waals surface area contributed by atoms with Crippen LogP contribution in [0.2, 0.25) is 0 Å². The Morgan fingerprint density at radius 2 is 2.46 bits per heavy atom. The van der Waals surface area contributed by atoms with Gasteiger partial charge in [0.2, 0.25) is 6.41 Å². The quantitative estimate of drug-likeness (QED) is 0.361. The van der Waals surface area contributed by atoms with Gasteiger partial charge in [-0.3, -0.25) is 4.79 Å². The van der Waals surface area contributed by atoms with Crippen LogP contribution in [0.25, 0.3) is 0 Å². The molecule has 72 valence electrons. The minimum Gasteiger partial charge on any atom is -0.491 e. The molecule has 1 amide bonds. The van der Waals surface area contributed by atoms with Crippen LogP contribution in [0.15, 0.2) is 0 Å². The molecule has 0 aliphatic heterocycles. The third-order valence-corrected chi connectivity index (χ3v) is 1.58. The molecule has 6 heteroatoms. The molecule has 1 aromatic rings. The van der Waals surface area contributed by atoms with Crippen molar-refractivity contribution in [2.24, 2.45) is 0 Å². The molecule has 0 saturated heterocycles. The zero-order valence-electron chi connectivity index (χ0n) is 7.08. The number of aromatic hydroxyl groups is 1. The fourth-order valence-corrected chi connectivity index (χ4v) is 0.963. The second kappa shape index (κ2) is 4.34. The summed E-state index contributed by atoms with van der Waals surface area (Å²) in [7, 11) is 0. The summed E-state index contributed by atoms with van der Waals surface area (Å²) in [6.07, 6.45) is 2.05. The van der Waals surface area contributed by atoms with Crippen LogP contribution in [-0.2, 0) is 11.2 Å². The van der Waals surface area contributed by atoms with E-state index in [9.17, 15) is 4.79 Å². The standard InChI is InChI=1S/C7H12N4O2/c8-6-7(13)11-5(10-6)2-1-3-9-4-12/h4,13H,1-3,8H2,(H,9,12)(H,10,11). The lowest BCUT2D eigenvalue weighted by Crippen LogP contribution is -2.12. The monoisotopic (exact) mass is 184 g/mol. The van der Waals surface area contributed by atoms with Gasteiger partial charge in [0, 0.05) is 13.0 Å². The predicted octanol–water partition coefficient (Wildman–Crippen LogP) is -0.624. The van der Waals surface area contributed by atoms with Gasteiger partial charge in [0.15, 0.2) is 5.82 Å². The molecule has 0 aliphatic rings. The molecule has 1 aromatic heterocycles. The van der Waals surface area contributed by atoms with E-state index in [1.54, 1.807) is 0 Å². The largest absolute Gasteiger partial charge is 0.491 e. The average Bonchev–Trinajstić information content (AvgIpc) is 2.41. The van der Waals surface area contributed by atoms with Crippen molar-refractivity contribution in [1.82, 2.24) is 15.3 Å². The SMILES string of the molecule is Nc1[nH]c(CCCNC=O)nc1O. The first-order valence-electron chi connectivity index (χ1n) is 3.94. The van der Waals surface area contributed by atoms with E-state index in [1.807, 2.05) is 0 Å². The number of aromatic amines is 1. The Morgan fingerprint density at radius 1 is 1.69 bits per heavy atom. The van der Waals surface area contributed by atoms with E-state index < -0.39 is 0 Å². The molecule has 0 bridgehead atoms. The summed E-state index contributed by atoms with van der Waals surface area (Å²) in [5.41, 5.74) is 5.33. The second-order valence-electron chi connectivity index (χ2n) is 2.60. The first-order chi connectivity index (χ1) is 6.24. The number of aromatic nitrogens is 2. The Bertz CT molecular complexity index is 265. The van der Waals surface area contributed by atoms with Crippen molar-refractivity contribution in [3.63, 3.8) is 0 Å². The molecule has 0 saturated carbocycles. The summed E-state index contributed by atoms with van der Waals surface area (Å²) in [5, 5.41) is 11.5. The van der Waals surface area contributed by atoms with E-state index >= 15 is 0 Å². The van der Waals surface area contributed by atoms with Gasteiger partial charge in [0.25, 0.3) is 5.88 Å². The molecule has 1 heterocycles. The minimum absolute atomic E-state index is 0.168. The maximum atomic E-state index is 9.88. The zero-order chi connectivity index (χ0) is 9.68. The number of hydrogen-bond acceptors (Lipinski definition) is 4. The Morgan fingerprint density at radius 3 is 3.00 bits per heavy atom. The number of hydrogen-bond donors (Lipinski definition) is 4. The van der Waals surface area contributed by atoms with Crippen molar-refractivity contribution >= 4 is 12.2 Å². The van der Waals surface area contributed by atoms with Crippen LogP contribution in [0.4, 0.5) is 5.82 Å². The molecule has 0 unspecified atom stereocenters. The van der Waals surface area contributed by atoms with Crippen LogP contribution in [0.1, 0.15) is 12.2 Å². The van der Waals surface area contributed by atoms with Crippen molar-refractivity contribution in [1.29, 1.82) is 0 Å². The summed E-state index contributed by atoms with van der Waals surface area (Å²) in [6.45, 7) is 0.588. The predicted molar refractivity (Wildman–Crippen MR) is 47.1 cm³/mol. The van der Waals surface area contributed by atoms with Crippen molar-refractivity contribution < 1.29 is 9.90 Å². The highest BCUT2D eigenvalue weighted by Crippen LogP contribution is 2.15. The van der Waals surface area contributed by atoms with Crippen LogP contribution in [0.3, 0.4) is 0 Å². The molecule has 0 aliphatic carbocycles. The van der Waals surface area contributed by atoms with Crippen LogP contribution in [0.5, 0.6) is 5.88 Å². The number of nitrogens with zero attached hydrogens (tertiary/aromatic N) is 1. The van der Waals surface area contributed by atoms with Gasteiger partial charge in [-0.25, -0.2) is 0 Å². The van der Waals surface area contributed by atoms with E-state index in [1.165, 1.54) is 0 Å². The summed E-state index contributed by atoms with van der Waals surface area (Å²) in [5.74, 6) is 0.638. The summed E-state index contributed by atoms with van der Waals surface area (Å²) < 4.78 is 0. The Hall–Kier alpha value is -1.72. The summed E-state index contributed by atoms with van der Waals surface area (Å²) in [4.78, 5) is 16.4. The number of nitrogen functional groups attached to an aromatic ring is 1. The van der Waals surface area contributed by atoms with Gasteiger partial charge in [-0.05, 0) is 6.42 Å². The number of anilines is 1. The zero-order valence-corrected chi connectivity index (χ0v) is 7.08. The minimum atomic E-state index is -0.168. The Balaban J connectivity index is 2.32. The fourth-order valence-electron chi connectivity index (χ4n) is 0.963. The van der Waals surface area contributed by atoms with Gasteiger partial charge in [-0.2, -0.15) is 4.98 Å². The molecule has 0 radical (unpaired) electrons. The van der Waals surface area contributed by atoms with Crippen LogP contribution >= 0.6 is 0 Å². The van der Waals surface area contributed by atoms with Crippen molar-refractivity contribution in [2.75, 3.05) is 12.3 Å². The lowest BCUT2D eigenvalue weighted by molar-refractivity contribution is -0.109. The highest BCUT2D eigenvalue weighted by Gasteiger charge is 2.04. The van der Waals surface area contributed by atoms with Crippen LogP contribution in [0, 0.1) is 0 Å². The van der Waals surface area contributed by atoms with E-state index in [-0.39, 0.29) is 11.7 Å². The third kappa shape index (κ3) is 2.66. The topological polar surface area (TPSA) is 104 Å². The Kier molecular flexibility index (Phi) is 3.13. The number of nitrogens with one attached hydrogen (secondary N) is 2. The molecule has 6 nitrogen and oxygen atoms in total. The van der Waals surface area contributed by atoms with Gasteiger partial charge in [0.05, 0.1) is 0 Å². The van der Waals surface area contributed by atoms with E-state index in [2.05, 4.69) is 15.3 Å². The van der Waals surface area contributed by atoms with Crippen molar-refractivity contribution in [3.8, 4) is 5.88 Å². The lowest BCUT2D eigenvalue weighted by Gasteiger charge is -1.95. The summed E-state index contributed by atoms with van der Waals surface area (Å²) in [6, 6.07) is 0. The molecule has 13 heavy (non-hydrogen) atoms. The highest BCUT2D eigenvalue weighted by molar-refractivity contribution is 5.45. The van der Waals surface area contributed by atoms with Gasteiger partial charge in [-0.1, -0.05) is 0 Å². The van der Waals surface area contributed by atoms with E-state index in [4.69, 9.17) is 10.8 Å². The molecule has 0 atom stereocenters. The smallest absolute Gasteiger partial charge is 0.254 e. The molecular weight excluding hydrogens is 172 g/mol. The number of H-pyrrole nitrogens is 1. The second-order valence-corrected chi connectivity index (χ2v) is 2.60. The number of rotatable bonds is 5. The number of amides is 1. The number of nitrogens with two attached hydrogens (primary N) is 1. The van der Waals surface area contributed by atoms with Gasteiger partial charge >= 0.3 is 0 Å². The Labute approximate surface area is 75.2 Å². The maximum absolute atomic E-state index is 9.88. The number of imidazole rings is 1. The van der Waals surface area contributed by atoms with Crippen LogP contribution < -0.4 is 11.1 Å². The third-order valence-electron chi connectivity index (χ3n) is 1.58. The van der Waals surface area contributed by atoms with Gasteiger partial charge < -0.3 is 21.1 Å². The van der Waals surface area contributed by atoms with Crippen molar-refractivity contribution in [2.45, 2.75) is 12.8 Å². The molecular formula is C7H12N4O2. The number of aryl methyl sites for hydroxylation is 1. The first-order valence-corrected chi connectivity index (χ1v) is 3.94. The van der Waals surface area contributed by atoms with Crippen molar-refractivity contribution in [3.05, 3.63) is 5.82 Å². The molecule has 5 N–H and O–H groups in total. The van der Waals surface area contributed by atoms with Gasteiger partial charge in [-0.15, -0.1) is 0 Å². The first kappa shape index (κ1) is 9.37. The molecule has 0 aromatic carbocycles. The maximum Gasteiger partial charge on any atom is 0.254 e. The molecule has 1 rings (SSSR count). The molecule has 0 fully saturated rings. The van der Waals surface area contributed by atoms with Gasteiger partial charge in [0.1, 0.15) is 5.82 Å². The number of carbonyl (C=O) groups is 1. The lowest BCUT2D eigenvalue weighted by atomic mass is 10.3. The molecule has 0 spiro atoms. The number of carbonyl (C=O) groups excluding carboxylic acids is 1. The average molecular weight is 184 g/mol. The van der Waals surface area contributed by atoms with Crippen LogP contribution in [-0.4, -0.2) is 28.0 Å². The van der Waals surface area contributed by atoms with E-state index in [0.717, 1.165) is 6.42 Å². The highest BCUT2D eigenvalue weighted by atomic mass is 16.3.